The fraction of sp³-hybridized carbons (Fsp3) is 0.333. The zero-order chi connectivity index (χ0) is 13.2. The lowest BCUT2D eigenvalue weighted by atomic mass is 10.0. The lowest BCUT2D eigenvalue weighted by Crippen LogP contribution is -2.26. The van der Waals surface area contributed by atoms with Gasteiger partial charge in [-0.05, 0) is 49.7 Å². The Morgan fingerprint density at radius 3 is 2.79 bits per heavy atom. The number of rotatable bonds is 2. The van der Waals surface area contributed by atoms with E-state index in [1.807, 2.05) is 18.2 Å². The summed E-state index contributed by atoms with van der Waals surface area (Å²) in [5.41, 5.74) is 0.844. The van der Waals surface area contributed by atoms with Crippen molar-refractivity contribution in [2.24, 2.45) is 0 Å². The molecule has 1 atom stereocenters. The molecule has 0 saturated carbocycles. The molecule has 0 unspecified atom stereocenters. The number of furan rings is 1. The molecule has 3 rings (SSSR count). The second-order valence-electron chi connectivity index (χ2n) is 4.83. The van der Waals surface area contributed by atoms with Crippen LogP contribution in [0.15, 0.2) is 34.7 Å². The van der Waals surface area contributed by atoms with Gasteiger partial charge in [-0.3, -0.25) is 0 Å². The van der Waals surface area contributed by atoms with E-state index < -0.39 is 0 Å². The van der Waals surface area contributed by atoms with E-state index in [9.17, 15) is 0 Å². The van der Waals surface area contributed by atoms with Crippen molar-refractivity contribution in [3.05, 3.63) is 46.1 Å². The van der Waals surface area contributed by atoms with Gasteiger partial charge in [0.05, 0.1) is 11.1 Å². The number of halogens is 2. The summed E-state index contributed by atoms with van der Waals surface area (Å²) in [6, 6.07) is 9.71. The Kier molecular flexibility index (Phi) is 3.83. The summed E-state index contributed by atoms with van der Waals surface area (Å²) in [4.78, 5) is 0. The minimum absolute atomic E-state index is 0.320. The molecule has 1 fully saturated rings. The minimum atomic E-state index is 0.320. The van der Waals surface area contributed by atoms with Crippen molar-refractivity contribution in [2.45, 2.75) is 25.3 Å². The summed E-state index contributed by atoms with van der Waals surface area (Å²) < 4.78 is 5.94. The molecule has 0 bridgehead atoms. The Labute approximate surface area is 122 Å². The van der Waals surface area contributed by atoms with Gasteiger partial charge < -0.3 is 9.73 Å². The van der Waals surface area contributed by atoms with Gasteiger partial charge in [0.25, 0.3) is 0 Å². The molecule has 1 saturated heterocycles. The highest BCUT2D eigenvalue weighted by Crippen LogP contribution is 2.34. The fourth-order valence-corrected chi connectivity index (χ4v) is 2.85. The first kappa shape index (κ1) is 13.0. The maximum atomic E-state index is 6.19. The molecule has 1 aromatic heterocycles. The molecule has 19 heavy (non-hydrogen) atoms. The van der Waals surface area contributed by atoms with Crippen molar-refractivity contribution in [2.75, 3.05) is 6.54 Å². The molecular formula is C15H15Cl2NO. The Hall–Kier alpha value is -0.960. The van der Waals surface area contributed by atoms with Crippen LogP contribution in [0.3, 0.4) is 0 Å². The second kappa shape index (κ2) is 5.58. The van der Waals surface area contributed by atoms with Crippen LogP contribution in [0.25, 0.3) is 11.3 Å². The zero-order valence-corrected chi connectivity index (χ0v) is 12.0. The summed E-state index contributed by atoms with van der Waals surface area (Å²) in [6.07, 6.45) is 3.60. The van der Waals surface area contributed by atoms with Gasteiger partial charge in [-0.25, -0.2) is 0 Å². The van der Waals surface area contributed by atoms with E-state index in [-0.39, 0.29) is 0 Å². The van der Waals surface area contributed by atoms with E-state index in [2.05, 4.69) is 5.32 Å². The smallest absolute Gasteiger partial charge is 0.135 e. The van der Waals surface area contributed by atoms with Crippen molar-refractivity contribution >= 4 is 23.2 Å². The maximum Gasteiger partial charge on any atom is 0.135 e. The van der Waals surface area contributed by atoms with Crippen LogP contribution in [0.1, 0.15) is 31.1 Å². The van der Waals surface area contributed by atoms with Crippen molar-refractivity contribution in [3.63, 3.8) is 0 Å². The van der Waals surface area contributed by atoms with Crippen LogP contribution in [-0.2, 0) is 0 Å². The molecule has 0 aliphatic carbocycles. The molecule has 100 valence electrons. The van der Waals surface area contributed by atoms with Crippen molar-refractivity contribution < 1.29 is 4.42 Å². The average molecular weight is 296 g/mol. The minimum Gasteiger partial charge on any atom is -0.459 e. The molecule has 2 nitrogen and oxygen atoms in total. The fourth-order valence-electron chi connectivity index (χ4n) is 2.47. The van der Waals surface area contributed by atoms with Crippen molar-refractivity contribution in [1.29, 1.82) is 0 Å². The highest BCUT2D eigenvalue weighted by molar-refractivity contribution is 6.35. The van der Waals surface area contributed by atoms with Crippen molar-refractivity contribution in [1.82, 2.24) is 5.32 Å². The predicted octanol–water partition coefficient (Wildman–Crippen LogP) is 5.07. The largest absolute Gasteiger partial charge is 0.459 e. The quantitative estimate of drug-likeness (QED) is 0.837. The third-order valence-corrected chi connectivity index (χ3v) is 4.04. The van der Waals surface area contributed by atoms with Crippen LogP contribution in [0.2, 0.25) is 10.0 Å². The third kappa shape index (κ3) is 2.81. The van der Waals surface area contributed by atoms with Crippen LogP contribution in [-0.4, -0.2) is 6.54 Å². The predicted molar refractivity (Wildman–Crippen MR) is 78.8 cm³/mol. The Morgan fingerprint density at radius 2 is 2.00 bits per heavy atom. The van der Waals surface area contributed by atoms with Gasteiger partial charge in [-0.15, -0.1) is 0 Å². The molecule has 0 radical (unpaired) electrons. The first-order valence-corrected chi connectivity index (χ1v) is 7.28. The molecule has 1 aliphatic rings. The number of hydrogen-bond donors (Lipinski definition) is 1. The van der Waals surface area contributed by atoms with E-state index in [4.69, 9.17) is 27.6 Å². The van der Waals surface area contributed by atoms with Gasteiger partial charge in [0.15, 0.2) is 0 Å². The van der Waals surface area contributed by atoms with E-state index in [1.165, 1.54) is 12.8 Å². The summed E-state index contributed by atoms with van der Waals surface area (Å²) >= 11 is 12.2. The average Bonchev–Trinajstić information content (AvgIpc) is 2.92. The lowest BCUT2D eigenvalue weighted by Gasteiger charge is -2.21. The maximum absolute atomic E-state index is 6.19. The molecule has 4 heteroatoms. The number of benzene rings is 1. The number of nitrogens with one attached hydrogen (secondary N) is 1. The molecule has 0 amide bonds. The number of piperidine rings is 1. The van der Waals surface area contributed by atoms with Crippen LogP contribution < -0.4 is 5.32 Å². The van der Waals surface area contributed by atoms with Crippen LogP contribution in [0.4, 0.5) is 0 Å². The SMILES string of the molecule is Clc1ccc(Cl)c(-c2ccc([C@H]3CCCCN3)o2)c1. The lowest BCUT2D eigenvalue weighted by molar-refractivity contribution is 0.353. The summed E-state index contributed by atoms with van der Waals surface area (Å²) in [5, 5.41) is 4.79. The van der Waals surface area contributed by atoms with Gasteiger partial charge in [0, 0.05) is 10.6 Å². The third-order valence-electron chi connectivity index (χ3n) is 3.47. The first-order valence-electron chi connectivity index (χ1n) is 6.52. The summed E-state index contributed by atoms with van der Waals surface area (Å²) in [5.74, 6) is 1.75. The second-order valence-corrected chi connectivity index (χ2v) is 5.67. The van der Waals surface area contributed by atoms with Gasteiger partial charge in [-0.1, -0.05) is 29.6 Å². The summed E-state index contributed by atoms with van der Waals surface area (Å²) in [6.45, 7) is 1.05. The molecule has 1 aliphatic heterocycles. The van der Waals surface area contributed by atoms with E-state index in [1.54, 1.807) is 12.1 Å². The number of hydrogen-bond acceptors (Lipinski definition) is 2. The normalized spacial score (nSPS) is 19.6. The first-order chi connectivity index (χ1) is 9.24. The monoisotopic (exact) mass is 295 g/mol. The van der Waals surface area contributed by atoms with Crippen LogP contribution >= 0.6 is 23.2 Å². The van der Waals surface area contributed by atoms with Crippen LogP contribution in [0, 0.1) is 0 Å². The molecule has 1 N–H and O–H groups in total. The van der Waals surface area contributed by atoms with E-state index in [0.29, 0.717) is 16.1 Å². The molecule has 2 aromatic rings. The van der Waals surface area contributed by atoms with E-state index in [0.717, 1.165) is 30.0 Å². The Morgan fingerprint density at radius 1 is 1.11 bits per heavy atom. The Bertz CT molecular complexity index is 573. The van der Waals surface area contributed by atoms with E-state index >= 15 is 0 Å². The van der Waals surface area contributed by atoms with Gasteiger partial charge in [-0.2, -0.15) is 0 Å². The molecule has 0 spiro atoms. The van der Waals surface area contributed by atoms with Crippen LogP contribution in [0.5, 0.6) is 0 Å². The van der Waals surface area contributed by atoms with Crippen molar-refractivity contribution in [3.8, 4) is 11.3 Å². The topological polar surface area (TPSA) is 25.2 Å². The van der Waals surface area contributed by atoms with Gasteiger partial charge in [0.1, 0.15) is 11.5 Å². The Balaban J connectivity index is 1.89. The van der Waals surface area contributed by atoms with Gasteiger partial charge in [0.2, 0.25) is 0 Å². The highest BCUT2D eigenvalue weighted by atomic mass is 35.5. The standard InChI is InChI=1S/C15H15Cl2NO/c16-10-4-5-12(17)11(9-10)14-6-7-15(19-14)13-3-1-2-8-18-13/h4-7,9,13,18H,1-3,8H2/t13-/m1/s1. The van der Waals surface area contributed by atoms with Gasteiger partial charge >= 0.3 is 0 Å². The zero-order valence-electron chi connectivity index (χ0n) is 10.5. The highest BCUT2D eigenvalue weighted by Gasteiger charge is 2.19. The molecule has 1 aromatic carbocycles. The summed E-state index contributed by atoms with van der Waals surface area (Å²) in [7, 11) is 0. The molecular weight excluding hydrogens is 281 g/mol. The molecule has 2 heterocycles.